The quantitative estimate of drug-likeness (QED) is 0.309. The molecule has 0 aromatic heterocycles. The van der Waals surface area contributed by atoms with Crippen LogP contribution in [0.3, 0.4) is 0 Å². The van der Waals surface area contributed by atoms with E-state index in [1.807, 2.05) is 0 Å². The molecule has 0 amide bonds. The normalized spacial score (nSPS) is 8.62. The van der Waals surface area contributed by atoms with Crippen molar-refractivity contribution in [2.24, 2.45) is 0 Å². The van der Waals surface area contributed by atoms with Crippen LogP contribution in [0.25, 0.3) is 0 Å². The summed E-state index contributed by atoms with van der Waals surface area (Å²) in [5.41, 5.74) is 0. The van der Waals surface area contributed by atoms with E-state index in [1.54, 1.807) is 6.92 Å². The van der Waals surface area contributed by atoms with E-state index < -0.39 is 6.16 Å². The van der Waals surface area contributed by atoms with Gasteiger partial charge in [-0.2, -0.15) is 9.90 Å². The van der Waals surface area contributed by atoms with Gasteiger partial charge in [0.15, 0.2) is 6.79 Å². The fourth-order valence-electron chi connectivity index (χ4n) is 0.173. The highest BCUT2D eigenvalue weighted by Crippen LogP contribution is 1.77. The van der Waals surface area contributed by atoms with Crippen molar-refractivity contribution in [2.45, 2.75) is 6.92 Å². The van der Waals surface area contributed by atoms with Gasteiger partial charge in [-0.1, -0.05) is 0 Å². The van der Waals surface area contributed by atoms with Crippen molar-refractivity contribution in [3.05, 3.63) is 0 Å². The molecule has 0 rings (SSSR count). The van der Waals surface area contributed by atoms with Crippen molar-refractivity contribution < 1.29 is 19.4 Å². The lowest BCUT2D eigenvalue weighted by molar-refractivity contribution is -0.0380. The van der Waals surface area contributed by atoms with E-state index in [4.69, 9.17) is 0 Å². The maximum Gasteiger partial charge on any atom is 0.552 e. The Morgan fingerprint density at radius 2 is 2.25 bits per heavy atom. The first-order chi connectivity index (χ1) is 3.77. The van der Waals surface area contributed by atoms with E-state index in [9.17, 15) is 9.90 Å². The van der Waals surface area contributed by atoms with E-state index in [-0.39, 0.29) is 6.79 Å². The molecule has 0 bridgehead atoms. The third-order valence-corrected chi connectivity index (χ3v) is 0.464. The smallest absolute Gasteiger partial charge is 0.405 e. The Morgan fingerprint density at radius 1 is 1.62 bits per heavy atom. The number of rotatable bonds is 3. The van der Waals surface area contributed by atoms with Gasteiger partial charge in [-0.25, -0.2) is 0 Å². The molecule has 4 heteroatoms. The van der Waals surface area contributed by atoms with Crippen LogP contribution in [0.5, 0.6) is 0 Å². The molecule has 0 aromatic carbocycles. The first-order valence-corrected chi connectivity index (χ1v) is 2.19. The Kier molecular flexibility index (Phi) is 3.97. The maximum absolute atomic E-state index is 9.46. The van der Waals surface area contributed by atoms with E-state index >= 15 is 0 Å². The number of ether oxygens (including phenoxy) is 2. The fourth-order valence-corrected chi connectivity index (χ4v) is 0.173. The van der Waals surface area contributed by atoms with E-state index in [2.05, 4.69) is 9.47 Å². The molecule has 0 spiro atoms. The third-order valence-electron chi connectivity index (χ3n) is 0.464. The van der Waals surface area contributed by atoms with Gasteiger partial charge in [0, 0.05) is 6.61 Å². The van der Waals surface area contributed by atoms with E-state index in [0.717, 1.165) is 0 Å². The molecule has 0 aliphatic carbocycles. The van der Waals surface area contributed by atoms with Gasteiger partial charge in [0.2, 0.25) is 0 Å². The van der Waals surface area contributed by atoms with Gasteiger partial charge in [-0.15, -0.1) is 0 Å². The molecule has 8 heavy (non-hydrogen) atoms. The summed E-state index contributed by atoms with van der Waals surface area (Å²) in [6.07, 6.45) is -1.56. The van der Waals surface area contributed by atoms with E-state index in [1.165, 1.54) is 0 Å². The molecular weight excluding hydrogens is 112 g/mol. The lowest BCUT2D eigenvalue weighted by Crippen LogP contribution is -2.03. The molecule has 0 heterocycles. The highest BCUT2D eigenvalue weighted by atomic mass is 16.7. The summed E-state index contributed by atoms with van der Waals surface area (Å²) in [6.45, 7) is 1.94. The van der Waals surface area contributed by atoms with Crippen LogP contribution < -0.4 is 0 Å². The number of hydrogen-bond donors (Lipinski definition) is 0. The summed E-state index contributed by atoms with van der Waals surface area (Å²) in [6, 6.07) is 0. The minimum Gasteiger partial charge on any atom is -0.405 e. The molecule has 0 N–H and O–H groups in total. The Balaban J connectivity index is 2.82. The summed E-state index contributed by atoms with van der Waals surface area (Å²) < 4.78 is 8.37. The molecule has 1 radical (unpaired) electrons. The maximum atomic E-state index is 9.46. The molecular formula is C4H7O4. The van der Waals surface area contributed by atoms with Gasteiger partial charge < -0.3 is 9.47 Å². The van der Waals surface area contributed by atoms with Gasteiger partial charge in [0.05, 0.1) is 0 Å². The molecule has 0 fully saturated rings. The zero-order chi connectivity index (χ0) is 6.41. The molecule has 0 unspecified atom stereocenters. The molecule has 0 saturated heterocycles. The first kappa shape index (κ1) is 7.23. The highest BCUT2D eigenvalue weighted by molar-refractivity contribution is 5.55. The van der Waals surface area contributed by atoms with Crippen molar-refractivity contribution in [1.29, 1.82) is 0 Å². The second kappa shape index (κ2) is 4.39. The van der Waals surface area contributed by atoms with Crippen molar-refractivity contribution >= 4 is 6.16 Å². The average Bonchev–Trinajstić information content (AvgIpc) is 1.66. The first-order valence-electron chi connectivity index (χ1n) is 2.19. The topological polar surface area (TPSA) is 55.4 Å². The summed E-state index contributed by atoms with van der Waals surface area (Å²) in [7, 11) is 0. The molecule has 0 atom stereocenters. The van der Waals surface area contributed by atoms with Crippen molar-refractivity contribution in [3.8, 4) is 0 Å². The van der Waals surface area contributed by atoms with Gasteiger partial charge in [0.25, 0.3) is 0 Å². The standard InChI is InChI=1S/C4H7O4/c1-2-7-3-8-4(5)6/h2-3H2,1H3. The van der Waals surface area contributed by atoms with Crippen LogP contribution in [0, 0.1) is 0 Å². The van der Waals surface area contributed by atoms with Crippen LogP contribution in [0.4, 0.5) is 4.79 Å². The average molecular weight is 119 g/mol. The SMILES string of the molecule is CCOCOC([O])=O. The molecule has 0 aliphatic rings. The molecule has 0 saturated carbocycles. The van der Waals surface area contributed by atoms with Crippen LogP contribution in [0.2, 0.25) is 0 Å². The van der Waals surface area contributed by atoms with E-state index in [0.29, 0.717) is 6.61 Å². The summed E-state index contributed by atoms with van der Waals surface area (Å²) in [4.78, 5) is 9.46. The highest BCUT2D eigenvalue weighted by Gasteiger charge is 1.95. The molecule has 0 aromatic rings. The molecule has 4 nitrogen and oxygen atoms in total. The lowest BCUT2D eigenvalue weighted by Gasteiger charge is -1.95. The molecule has 0 aliphatic heterocycles. The van der Waals surface area contributed by atoms with Crippen molar-refractivity contribution in [1.82, 2.24) is 0 Å². The van der Waals surface area contributed by atoms with Crippen LogP contribution in [-0.4, -0.2) is 19.6 Å². The minimum atomic E-state index is -1.56. The third kappa shape index (κ3) is 5.23. The van der Waals surface area contributed by atoms with Crippen molar-refractivity contribution in [3.63, 3.8) is 0 Å². The van der Waals surface area contributed by atoms with Gasteiger partial charge >= 0.3 is 6.16 Å². The lowest BCUT2D eigenvalue weighted by atomic mass is 10.9. The monoisotopic (exact) mass is 119 g/mol. The second-order valence-corrected chi connectivity index (χ2v) is 1.00. The van der Waals surface area contributed by atoms with Crippen LogP contribution >= 0.6 is 0 Å². The Bertz CT molecular complexity index is 70.4. The van der Waals surface area contributed by atoms with Crippen LogP contribution in [0.1, 0.15) is 6.92 Å². The van der Waals surface area contributed by atoms with Gasteiger partial charge in [-0.05, 0) is 6.92 Å². The number of carbonyl (C=O) groups excluding carboxylic acids is 1. The van der Waals surface area contributed by atoms with Crippen molar-refractivity contribution in [2.75, 3.05) is 13.4 Å². The Hall–Kier alpha value is -0.770. The summed E-state index contributed by atoms with van der Waals surface area (Å²) in [5, 5.41) is 9.46. The minimum absolute atomic E-state index is 0.237. The fraction of sp³-hybridized carbons (Fsp3) is 0.750. The Morgan fingerprint density at radius 3 is 2.62 bits per heavy atom. The number of carbonyl (C=O) groups is 1. The second-order valence-electron chi connectivity index (χ2n) is 1.00. The summed E-state index contributed by atoms with van der Waals surface area (Å²) >= 11 is 0. The van der Waals surface area contributed by atoms with Gasteiger partial charge in [-0.3, -0.25) is 0 Å². The molecule has 47 valence electrons. The zero-order valence-electron chi connectivity index (χ0n) is 4.55. The number of hydrogen-bond acceptors (Lipinski definition) is 3. The predicted molar refractivity (Wildman–Crippen MR) is 23.7 cm³/mol. The van der Waals surface area contributed by atoms with Crippen LogP contribution in [0.15, 0.2) is 0 Å². The zero-order valence-corrected chi connectivity index (χ0v) is 4.55. The van der Waals surface area contributed by atoms with Crippen LogP contribution in [-0.2, 0) is 14.6 Å². The summed E-state index contributed by atoms with van der Waals surface area (Å²) in [5.74, 6) is 0. The largest absolute Gasteiger partial charge is 0.552 e. The van der Waals surface area contributed by atoms with Gasteiger partial charge in [0.1, 0.15) is 0 Å². The Labute approximate surface area is 47.0 Å². The predicted octanol–water partition coefficient (Wildman–Crippen LogP) is 0.548.